The molecule has 0 spiro atoms. The number of anilines is 1. The maximum atomic E-state index is 12.4. The summed E-state index contributed by atoms with van der Waals surface area (Å²) >= 11 is 0. The van der Waals surface area contributed by atoms with Gasteiger partial charge in [-0.25, -0.2) is 12.7 Å². The molecule has 0 saturated heterocycles. The number of nitrogens with one attached hydrogen (secondary N) is 2. The van der Waals surface area contributed by atoms with Crippen LogP contribution in [0.15, 0.2) is 17.0 Å². The first kappa shape index (κ1) is 21.2. The van der Waals surface area contributed by atoms with Crippen LogP contribution in [-0.4, -0.2) is 44.8 Å². The van der Waals surface area contributed by atoms with Gasteiger partial charge < -0.3 is 10.6 Å². The molecule has 2 rings (SSSR count). The normalized spacial score (nSPS) is 16.6. The van der Waals surface area contributed by atoms with Gasteiger partial charge in [0.05, 0.1) is 17.5 Å². The minimum absolute atomic E-state index is 0.0187. The molecule has 0 unspecified atom stereocenters. The molecule has 1 aromatic carbocycles. The average molecular weight is 393 g/mol. The molecule has 2 N–H and O–H groups in total. The molecule has 1 fully saturated rings. The topological polar surface area (TPSA) is 102 Å². The zero-order valence-electron chi connectivity index (χ0n) is 16.4. The molecule has 148 valence electrons. The van der Waals surface area contributed by atoms with Crippen LogP contribution in [0.4, 0.5) is 5.69 Å². The maximum Gasteiger partial charge on any atom is 0.242 e. The molecular weight excluding hydrogens is 364 g/mol. The molecule has 0 aromatic heterocycles. The predicted octanol–water partition coefficient (Wildman–Crippen LogP) is 2.31. The van der Waals surface area contributed by atoms with E-state index in [1.165, 1.54) is 14.1 Å². The first-order valence-corrected chi connectivity index (χ1v) is 10.6. The smallest absolute Gasteiger partial charge is 0.242 e. The molecule has 7 nitrogen and oxygen atoms in total. The summed E-state index contributed by atoms with van der Waals surface area (Å²) < 4.78 is 26.0. The van der Waals surface area contributed by atoms with Crippen molar-refractivity contribution in [3.63, 3.8) is 0 Å². The van der Waals surface area contributed by atoms with E-state index in [-0.39, 0.29) is 17.3 Å². The van der Waals surface area contributed by atoms with Gasteiger partial charge >= 0.3 is 0 Å². The number of carbonyl (C=O) groups is 1. The maximum absolute atomic E-state index is 12.4. The Balaban J connectivity index is 2.14. The number of rotatable bonds is 6. The van der Waals surface area contributed by atoms with E-state index in [9.17, 15) is 18.5 Å². The van der Waals surface area contributed by atoms with E-state index in [2.05, 4.69) is 16.7 Å². The number of benzene rings is 1. The van der Waals surface area contributed by atoms with E-state index in [4.69, 9.17) is 0 Å². The third-order valence-electron chi connectivity index (χ3n) is 5.16. The predicted molar refractivity (Wildman–Crippen MR) is 105 cm³/mol. The molecule has 0 aliphatic heterocycles. The molecular formula is C19H28N4O3S. The number of aryl methyl sites for hydroxylation is 1. The van der Waals surface area contributed by atoms with Gasteiger partial charge in [0.25, 0.3) is 0 Å². The Hall–Kier alpha value is -2.11. The summed E-state index contributed by atoms with van der Waals surface area (Å²) in [6, 6.07) is 5.44. The summed E-state index contributed by atoms with van der Waals surface area (Å²) in [7, 11) is -0.599. The number of hydrogen-bond acceptors (Lipinski definition) is 5. The Bertz CT molecular complexity index is 850. The molecule has 1 aliphatic carbocycles. The van der Waals surface area contributed by atoms with Gasteiger partial charge in [-0.3, -0.25) is 4.79 Å². The van der Waals surface area contributed by atoms with Crippen LogP contribution >= 0.6 is 0 Å². The Morgan fingerprint density at radius 3 is 2.41 bits per heavy atom. The monoisotopic (exact) mass is 392 g/mol. The standard InChI is InChI=1S/C19H28N4O3S/c1-14-10-16(27(25,26)23(3)4)11-17(15(14)2)21-12-18(24)22-19(13-20)8-6-5-7-9-19/h10-11,21H,5-9,12H2,1-4H3,(H,22,24). The van der Waals surface area contributed by atoms with Crippen LogP contribution in [0.1, 0.15) is 43.2 Å². The summed E-state index contributed by atoms with van der Waals surface area (Å²) in [6.07, 6.45) is 4.30. The molecule has 1 aromatic rings. The van der Waals surface area contributed by atoms with E-state index in [0.29, 0.717) is 18.5 Å². The Labute approximate surface area is 161 Å². The van der Waals surface area contributed by atoms with E-state index in [1.807, 2.05) is 13.8 Å². The number of amides is 1. The lowest BCUT2D eigenvalue weighted by molar-refractivity contribution is -0.121. The van der Waals surface area contributed by atoms with Crippen molar-refractivity contribution in [3.05, 3.63) is 23.3 Å². The SMILES string of the molecule is Cc1cc(S(=O)(=O)N(C)C)cc(NCC(=O)NC2(C#N)CCCCC2)c1C. The number of sulfonamides is 1. The van der Waals surface area contributed by atoms with Gasteiger partial charge in [0.15, 0.2) is 0 Å². The van der Waals surface area contributed by atoms with Crippen molar-refractivity contribution in [3.8, 4) is 6.07 Å². The Kier molecular flexibility index (Phi) is 6.50. The molecule has 0 atom stereocenters. The van der Waals surface area contributed by atoms with E-state index in [0.717, 1.165) is 34.7 Å². The van der Waals surface area contributed by atoms with Crippen molar-refractivity contribution in [2.75, 3.05) is 26.0 Å². The lowest BCUT2D eigenvalue weighted by Gasteiger charge is -2.31. The Morgan fingerprint density at radius 1 is 1.22 bits per heavy atom. The zero-order valence-corrected chi connectivity index (χ0v) is 17.2. The van der Waals surface area contributed by atoms with Crippen molar-refractivity contribution in [2.45, 2.75) is 56.4 Å². The first-order valence-electron chi connectivity index (χ1n) is 9.11. The van der Waals surface area contributed by atoms with Crippen LogP contribution in [-0.2, 0) is 14.8 Å². The second-order valence-electron chi connectivity index (χ2n) is 7.36. The third-order valence-corrected chi connectivity index (χ3v) is 6.95. The second-order valence-corrected chi connectivity index (χ2v) is 9.51. The number of nitrogens with zero attached hydrogens (tertiary/aromatic N) is 2. The van der Waals surface area contributed by atoms with Gasteiger partial charge in [0.2, 0.25) is 15.9 Å². The number of hydrogen-bond donors (Lipinski definition) is 2. The van der Waals surface area contributed by atoms with Crippen molar-refractivity contribution in [1.29, 1.82) is 5.26 Å². The van der Waals surface area contributed by atoms with Gasteiger partial charge in [0, 0.05) is 19.8 Å². The van der Waals surface area contributed by atoms with E-state index >= 15 is 0 Å². The van der Waals surface area contributed by atoms with Crippen molar-refractivity contribution in [2.24, 2.45) is 0 Å². The van der Waals surface area contributed by atoms with E-state index < -0.39 is 15.6 Å². The van der Waals surface area contributed by atoms with E-state index in [1.54, 1.807) is 12.1 Å². The first-order chi connectivity index (χ1) is 12.6. The molecule has 0 radical (unpaired) electrons. The summed E-state index contributed by atoms with van der Waals surface area (Å²) in [6.45, 7) is 3.69. The summed E-state index contributed by atoms with van der Waals surface area (Å²) in [5, 5.41) is 15.4. The minimum Gasteiger partial charge on any atom is -0.376 e. The van der Waals surface area contributed by atoms with Gasteiger partial charge in [-0.1, -0.05) is 19.3 Å². The highest BCUT2D eigenvalue weighted by atomic mass is 32.2. The van der Waals surface area contributed by atoms with Crippen LogP contribution < -0.4 is 10.6 Å². The molecule has 1 aliphatic rings. The van der Waals surface area contributed by atoms with Gasteiger partial charge in [-0.05, 0) is 49.9 Å². The summed E-state index contributed by atoms with van der Waals surface area (Å²) in [5.41, 5.74) is 1.52. The zero-order chi connectivity index (χ0) is 20.2. The van der Waals surface area contributed by atoms with Crippen LogP contribution in [0.3, 0.4) is 0 Å². The Morgan fingerprint density at radius 2 is 1.85 bits per heavy atom. The largest absolute Gasteiger partial charge is 0.376 e. The fourth-order valence-corrected chi connectivity index (χ4v) is 4.29. The summed E-state index contributed by atoms with van der Waals surface area (Å²) in [4.78, 5) is 12.6. The fraction of sp³-hybridized carbons (Fsp3) is 0.579. The van der Waals surface area contributed by atoms with Crippen molar-refractivity contribution < 1.29 is 13.2 Å². The number of carbonyl (C=O) groups excluding carboxylic acids is 1. The molecule has 8 heteroatoms. The van der Waals surface area contributed by atoms with Crippen molar-refractivity contribution in [1.82, 2.24) is 9.62 Å². The van der Waals surface area contributed by atoms with Gasteiger partial charge in [-0.15, -0.1) is 0 Å². The second kappa shape index (κ2) is 8.28. The quantitative estimate of drug-likeness (QED) is 0.773. The molecule has 27 heavy (non-hydrogen) atoms. The average Bonchev–Trinajstić information content (AvgIpc) is 2.63. The van der Waals surface area contributed by atoms with Gasteiger partial charge in [-0.2, -0.15) is 5.26 Å². The fourth-order valence-electron chi connectivity index (χ4n) is 3.28. The third kappa shape index (κ3) is 4.79. The summed E-state index contributed by atoms with van der Waals surface area (Å²) in [5.74, 6) is -0.267. The van der Waals surface area contributed by atoms with Crippen LogP contribution in [0.2, 0.25) is 0 Å². The molecule has 1 amide bonds. The van der Waals surface area contributed by atoms with Crippen molar-refractivity contribution >= 4 is 21.6 Å². The highest BCUT2D eigenvalue weighted by Crippen LogP contribution is 2.28. The lowest BCUT2D eigenvalue weighted by Crippen LogP contribution is -2.50. The highest BCUT2D eigenvalue weighted by molar-refractivity contribution is 7.89. The molecule has 1 saturated carbocycles. The molecule has 0 bridgehead atoms. The lowest BCUT2D eigenvalue weighted by atomic mass is 9.83. The minimum atomic E-state index is -3.56. The van der Waals surface area contributed by atoms with Crippen LogP contribution in [0, 0.1) is 25.2 Å². The molecule has 0 heterocycles. The highest BCUT2D eigenvalue weighted by Gasteiger charge is 2.33. The van der Waals surface area contributed by atoms with Crippen LogP contribution in [0.25, 0.3) is 0 Å². The van der Waals surface area contributed by atoms with Gasteiger partial charge in [0.1, 0.15) is 5.54 Å². The number of nitriles is 1. The van der Waals surface area contributed by atoms with Crippen LogP contribution in [0.5, 0.6) is 0 Å².